The minimum Gasteiger partial charge on any atom is -0.310 e. The minimum atomic E-state index is 1.10. The van der Waals surface area contributed by atoms with Gasteiger partial charge in [-0.2, -0.15) is 0 Å². The summed E-state index contributed by atoms with van der Waals surface area (Å²) in [6.45, 7) is 0. The van der Waals surface area contributed by atoms with Crippen molar-refractivity contribution in [3.8, 4) is 55.6 Å². The van der Waals surface area contributed by atoms with Crippen molar-refractivity contribution in [2.45, 2.75) is 0 Å². The Morgan fingerprint density at radius 1 is 0.245 bits per heavy atom. The number of rotatable bonds is 8. The van der Waals surface area contributed by atoms with Crippen molar-refractivity contribution in [2.24, 2.45) is 0 Å². The highest BCUT2D eigenvalue weighted by Gasteiger charge is 2.18. The largest absolute Gasteiger partial charge is 0.310 e. The monoisotopic (exact) mass is 675 g/mol. The number of fused-ring (bicyclic) bond motifs is 1. The van der Waals surface area contributed by atoms with Crippen LogP contribution in [0.5, 0.6) is 0 Å². The van der Waals surface area contributed by atoms with Crippen LogP contribution in [-0.4, -0.2) is 0 Å². The number of nitrogens with zero attached hydrogens (tertiary/aromatic N) is 1. The van der Waals surface area contributed by atoms with Gasteiger partial charge < -0.3 is 4.90 Å². The Hall–Kier alpha value is -6.96. The first kappa shape index (κ1) is 32.0. The Morgan fingerprint density at radius 3 is 1.45 bits per heavy atom. The maximum Gasteiger partial charge on any atom is 0.0540 e. The molecule has 250 valence electrons. The van der Waals surface area contributed by atoms with Crippen molar-refractivity contribution >= 4 is 27.8 Å². The van der Waals surface area contributed by atoms with Gasteiger partial charge in [-0.15, -0.1) is 0 Å². The Morgan fingerprint density at radius 2 is 0.717 bits per heavy atom. The van der Waals surface area contributed by atoms with E-state index in [4.69, 9.17) is 0 Å². The van der Waals surface area contributed by atoms with E-state index in [9.17, 15) is 0 Å². The van der Waals surface area contributed by atoms with Crippen LogP contribution in [0.15, 0.2) is 224 Å². The SMILES string of the molecule is c1ccc(-c2ccc(-c3ccc(N(c4cccc(-c5cccc(-c6cccc7ccccc67)c5)c4)c4ccccc4-c4ccccc4)cc3)cc2)cc1. The summed E-state index contributed by atoms with van der Waals surface area (Å²) < 4.78 is 0. The van der Waals surface area contributed by atoms with Crippen LogP contribution in [-0.2, 0) is 0 Å². The summed E-state index contributed by atoms with van der Waals surface area (Å²) >= 11 is 0. The van der Waals surface area contributed by atoms with Crippen LogP contribution in [0.2, 0.25) is 0 Å². The van der Waals surface area contributed by atoms with Crippen LogP contribution >= 0.6 is 0 Å². The van der Waals surface area contributed by atoms with Crippen molar-refractivity contribution < 1.29 is 0 Å². The maximum absolute atomic E-state index is 2.39. The van der Waals surface area contributed by atoms with Gasteiger partial charge in [-0.1, -0.05) is 188 Å². The summed E-state index contributed by atoms with van der Waals surface area (Å²) in [6, 6.07) is 80.8. The molecular formula is C52H37N. The molecule has 0 aromatic heterocycles. The second-order valence-corrected chi connectivity index (χ2v) is 13.4. The Balaban J connectivity index is 1.12. The fourth-order valence-corrected chi connectivity index (χ4v) is 7.41. The molecule has 9 aromatic rings. The van der Waals surface area contributed by atoms with Crippen molar-refractivity contribution in [1.29, 1.82) is 0 Å². The topological polar surface area (TPSA) is 3.24 Å². The average molecular weight is 676 g/mol. The lowest BCUT2D eigenvalue weighted by molar-refractivity contribution is 1.28. The van der Waals surface area contributed by atoms with E-state index in [1.165, 1.54) is 66.4 Å². The quantitative estimate of drug-likeness (QED) is 0.155. The van der Waals surface area contributed by atoms with Gasteiger partial charge in [0, 0.05) is 16.9 Å². The molecule has 0 amide bonds. The molecule has 53 heavy (non-hydrogen) atoms. The summed E-state index contributed by atoms with van der Waals surface area (Å²) in [7, 11) is 0. The molecule has 0 aliphatic heterocycles. The predicted octanol–water partition coefficient (Wildman–Crippen LogP) is 14.6. The van der Waals surface area contributed by atoms with E-state index >= 15 is 0 Å². The summed E-state index contributed by atoms with van der Waals surface area (Å²) in [5.74, 6) is 0. The highest BCUT2D eigenvalue weighted by atomic mass is 15.1. The molecule has 0 atom stereocenters. The van der Waals surface area contributed by atoms with E-state index < -0.39 is 0 Å². The molecule has 1 nitrogen and oxygen atoms in total. The molecule has 0 unspecified atom stereocenters. The number of hydrogen-bond donors (Lipinski definition) is 0. The summed E-state index contributed by atoms with van der Waals surface area (Å²) in [4.78, 5) is 2.39. The first-order valence-corrected chi connectivity index (χ1v) is 18.2. The Labute approximate surface area is 311 Å². The molecule has 0 heterocycles. The molecule has 0 N–H and O–H groups in total. The smallest absolute Gasteiger partial charge is 0.0540 e. The van der Waals surface area contributed by atoms with Crippen LogP contribution in [0.1, 0.15) is 0 Å². The highest BCUT2D eigenvalue weighted by molar-refractivity contribution is 5.97. The zero-order valence-corrected chi connectivity index (χ0v) is 29.3. The molecule has 0 aliphatic rings. The van der Waals surface area contributed by atoms with E-state index in [1.807, 2.05) is 0 Å². The average Bonchev–Trinajstić information content (AvgIpc) is 3.25. The fourth-order valence-electron chi connectivity index (χ4n) is 7.41. The Bertz CT molecular complexity index is 2640. The standard InChI is InChI=1S/C52H37N/c1-3-14-38(15-4-1)39-28-30-40(31-29-39)41-32-34-47(35-33-41)53(52-27-10-9-25-51(52)43-16-5-2-6-17-43)48-23-12-21-45(37-48)44-20-11-22-46(36-44)50-26-13-19-42-18-7-8-24-49(42)50/h1-37H. The lowest BCUT2D eigenvalue weighted by Crippen LogP contribution is -2.11. The van der Waals surface area contributed by atoms with Crippen LogP contribution in [0.4, 0.5) is 17.1 Å². The molecule has 0 fully saturated rings. The minimum absolute atomic E-state index is 1.10. The summed E-state index contributed by atoms with van der Waals surface area (Å²) in [5, 5.41) is 2.51. The van der Waals surface area contributed by atoms with Crippen molar-refractivity contribution in [3.05, 3.63) is 224 Å². The van der Waals surface area contributed by atoms with E-state index in [-0.39, 0.29) is 0 Å². The number of hydrogen-bond acceptors (Lipinski definition) is 1. The number of anilines is 3. The van der Waals surface area contributed by atoms with E-state index in [2.05, 4.69) is 229 Å². The van der Waals surface area contributed by atoms with Gasteiger partial charge in [-0.25, -0.2) is 0 Å². The van der Waals surface area contributed by atoms with Gasteiger partial charge >= 0.3 is 0 Å². The number of para-hydroxylation sites is 1. The molecule has 1 heteroatoms. The molecular weight excluding hydrogens is 639 g/mol. The molecule has 0 saturated heterocycles. The van der Waals surface area contributed by atoms with Gasteiger partial charge in [-0.3, -0.25) is 0 Å². The van der Waals surface area contributed by atoms with Crippen LogP contribution in [0.25, 0.3) is 66.4 Å². The summed E-state index contributed by atoms with van der Waals surface area (Å²) in [6.07, 6.45) is 0. The maximum atomic E-state index is 2.39. The third-order valence-corrected chi connectivity index (χ3v) is 10.1. The molecule has 9 rings (SSSR count). The van der Waals surface area contributed by atoms with Crippen LogP contribution in [0.3, 0.4) is 0 Å². The fraction of sp³-hybridized carbons (Fsp3) is 0. The third-order valence-electron chi connectivity index (χ3n) is 10.1. The molecule has 0 radical (unpaired) electrons. The third kappa shape index (κ3) is 6.53. The van der Waals surface area contributed by atoms with Crippen molar-refractivity contribution in [3.63, 3.8) is 0 Å². The lowest BCUT2D eigenvalue weighted by atomic mass is 9.95. The van der Waals surface area contributed by atoms with E-state index in [0.29, 0.717) is 0 Å². The normalized spacial score (nSPS) is 11.0. The molecule has 0 aliphatic carbocycles. The first-order valence-electron chi connectivity index (χ1n) is 18.2. The zero-order chi connectivity index (χ0) is 35.4. The second kappa shape index (κ2) is 14.3. The zero-order valence-electron chi connectivity index (χ0n) is 29.3. The van der Waals surface area contributed by atoms with Crippen molar-refractivity contribution in [2.75, 3.05) is 4.90 Å². The second-order valence-electron chi connectivity index (χ2n) is 13.4. The first-order chi connectivity index (χ1) is 26.3. The van der Waals surface area contributed by atoms with E-state index in [0.717, 1.165) is 17.1 Å². The van der Waals surface area contributed by atoms with Gasteiger partial charge in [0.05, 0.1) is 5.69 Å². The predicted molar refractivity (Wildman–Crippen MR) is 226 cm³/mol. The number of benzene rings is 9. The van der Waals surface area contributed by atoms with Crippen LogP contribution < -0.4 is 4.90 Å². The van der Waals surface area contributed by atoms with Crippen molar-refractivity contribution in [1.82, 2.24) is 0 Å². The Kier molecular flexibility index (Phi) is 8.66. The van der Waals surface area contributed by atoms with E-state index in [1.54, 1.807) is 0 Å². The van der Waals surface area contributed by atoms with Crippen LogP contribution in [0, 0.1) is 0 Å². The van der Waals surface area contributed by atoms with Gasteiger partial charge in [0.15, 0.2) is 0 Å². The molecule has 0 bridgehead atoms. The van der Waals surface area contributed by atoms with Gasteiger partial charge in [-0.05, 0) is 97.2 Å². The molecule has 0 saturated carbocycles. The summed E-state index contributed by atoms with van der Waals surface area (Å²) in [5.41, 5.74) is 15.3. The van der Waals surface area contributed by atoms with Gasteiger partial charge in [0.25, 0.3) is 0 Å². The van der Waals surface area contributed by atoms with Gasteiger partial charge in [0.1, 0.15) is 0 Å². The molecule has 9 aromatic carbocycles. The lowest BCUT2D eigenvalue weighted by Gasteiger charge is -2.28. The van der Waals surface area contributed by atoms with Gasteiger partial charge in [0.2, 0.25) is 0 Å². The highest BCUT2D eigenvalue weighted by Crippen LogP contribution is 2.42. The molecule has 0 spiro atoms.